The van der Waals surface area contributed by atoms with Gasteiger partial charge in [-0.1, -0.05) is 122 Å². The van der Waals surface area contributed by atoms with Crippen molar-refractivity contribution in [2.75, 3.05) is 6.61 Å². The van der Waals surface area contributed by atoms with Crippen molar-refractivity contribution < 1.29 is 39.2 Å². The Morgan fingerprint density at radius 1 is 0.898 bits per heavy atom. The van der Waals surface area contributed by atoms with E-state index >= 15 is 0 Å². The predicted octanol–water partition coefficient (Wildman–Crippen LogP) is 7.30. The minimum Gasteiger partial charge on any atom is -0.455 e. The van der Waals surface area contributed by atoms with Crippen molar-refractivity contribution in [1.82, 2.24) is 0 Å². The summed E-state index contributed by atoms with van der Waals surface area (Å²) in [5, 5.41) is 33.7. The molecule has 3 fully saturated rings. The van der Waals surface area contributed by atoms with Crippen LogP contribution in [0.2, 0.25) is 0 Å². The molecule has 0 heterocycles. The number of fused-ring (bicyclic) bond motifs is 5. The van der Waals surface area contributed by atoms with Gasteiger partial charge in [0, 0.05) is 23.2 Å². The number of aliphatic hydroxyl groups is 3. The van der Waals surface area contributed by atoms with E-state index in [0.717, 1.165) is 37.7 Å². The second-order valence-corrected chi connectivity index (χ2v) is 16.2. The Kier molecular flexibility index (Phi) is 14.4. The van der Waals surface area contributed by atoms with Gasteiger partial charge < -0.3 is 20.1 Å². The second kappa shape index (κ2) is 17.9. The van der Waals surface area contributed by atoms with E-state index in [0.29, 0.717) is 12.8 Å². The van der Waals surface area contributed by atoms with Crippen LogP contribution in [0.25, 0.3) is 0 Å². The molecule has 0 aliphatic heterocycles. The molecule has 8 nitrogen and oxygen atoms in total. The molecule has 8 atom stereocenters. The Morgan fingerprint density at radius 3 is 2.06 bits per heavy atom. The Balaban J connectivity index is 1.14. The lowest BCUT2D eigenvalue weighted by Crippen LogP contribution is -2.61. The highest BCUT2D eigenvalue weighted by atomic mass is 16.6. The smallest absolute Gasteiger partial charge is 0.343 e. The van der Waals surface area contributed by atoms with Crippen LogP contribution in [-0.2, 0) is 23.9 Å². The fourth-order valence-electron chi connectivity index (χ4n) is 10.1. The van der Waals surface area contributed by atoms with Crippen LogP contribution < -0.4 is 0 Å². The van der Waals surface area contributed by atoms with Gasteiger partial charge in [0.15, 0.2) is 18.2 Å². The zero-order chi connectivity index (χ0) is 35.7. The third kappa shape index (κ3) is 9.02. The maximum absolute atomic E-state index is 13.5. The molecule has 0 aromatic rings. The van der Waals surface area contributed by atoms with Gasteiger partial charge in [0.1, 0.15) is 5.60 Å². The highest BCUT2D eigenvalue weighted by molar-refractivity contribution is 6.02. The summed E-state index contributed by atoms with van der Waals surface area (Å²) in [6.45, 7) is 5.44. The number of unbranched alkanes of at least 4 members (excludes halogenated alkanes) is 14. The summed E-state index contributed by atoms with van der Waals surface area (Å²) in [6.07, 6.45) is 23.1. The number of aliphatic hydroxyl groups excluding tert-OH is 2. The van der Waals surface area contributed by atoms with Crippen LogP contribution in [0.1, 0.15) is 156 Å². The third-order valence-corrected chi connectivity index (χ3v) is 13.0. The molecular weight excluding hydrogens is 620 g/mol. The van der Waals surface area contributed by atoms with E-state index in [4.69, 9.17) is 4.74 Å². The quantitative estimate of drug-likeness (QED) is 0.0651. The van der Waals surface area contributed by atoms with E-state index < -0.39 is 52.8 Å². The molecule has 0 aromatic carbocycles. The van der Waals surface area contributed by atoms with Gasteiger partial charge in [-0.15, -0.1) is 0 Å². The van der Waals surface area contributed by atoms with Gasteiger partial charge in [-0.2, -0.15) is 0 Å². The minimum absolute atomic E-state index is 0.0305. The Labute approximate surface area is 294 Å². The largest absolute Gasteiger partial charge is 0.455 e. The molecule has 276 valence electrons. The first kappa shape index (κ1) is 39.6. The van der Waals surface area contributed by atoms with Crippen molar-refractivity contribution in [2.45, 2.75) is 173 Å². The molecule has 8 heteroatoms. The predicted molar refractivity (Wildman–Crippen MR) is 189 cm³/mol. The lowest BCUT2D eigenvalue weighted by atomic mass is 9.46. The molecule has 4 aliphatic rings. The summed E-state index contributed by atoms with van der Waals surface area (Å²) in [4.78, 5) is 50.6. The fraction of sp³-hybridized carbons (Fsp3) is 0.805. The van der Waals surface area contributed by atoms with Gasteiger partial charge in [0.2, 0.25) is 11.9 Å². The molecule has 2 unspecified atom stereocenters. The molecule has 49 heavy (non-hydrogen) atoms. The second-order valence-electron chi connectivity index (χ2n) is 16.2. The van der Waals surface area contributed by atoms with Crippen molar-refractivity contribution >= 4 is 23.3 Å². The average Bonchev–Trinajstić information content (AvgIpc) is 3.35. The number of ether oxygens (including phenoxy) is 1. The normalized spacial score (nSPS) is 32.5. The number of Topliss-reactive ketones (excluding diaryl/α,β-unsaturated/α-hetero) is 2. The minimum atomic E-state index is -1.95. The first-order valence-electron chi connectivity index (χ1n) is 19.6. The standard InChI is InChI=1S/C41H64O8/c1-4-5-6-7-8-9-10-11-12-13-14-15-16-17-18-19-33(43)37(46)38(47)49-28-35(45)41(48)25-23-32-31-21-20-29-26-30(42)22-24-39(29,2)36(31)34(44)27-40(32,41)3/h22,24,26,31-32,34,36-37,44,46,48H,4-21,23,25,27-28H2,1-3H3/t31-,32-,34?,36+,37?,39-,40-,41-/m0/s1. The summed E-state index contributed by atoms with van der Waals surface area (Å²) < 4.78 is 5.12. The molecule has 0 radical (unpaired) electrons. The topological polar surface area (TPSA) is 138 Å². The zero-order valence-electron chi connectivity index (χ0n) is 30.6. The van der Waals surface area contributed by atoms with Crippen LogP contribution in [-0.4, -0.2) is 63.1 Å². The number of hydrogen-bond donors (Lipinski definition) is 3. The molecular formula is C41H64O8. The summed E-state index contributed by atoms with van der Waals surface area (Å²) >= 11 is 0. The monoisotopic (exact) mass is 684 g/mol. The maximum Gasteiger partial charge on any atom is 0.343 e. The van der Waals surface area contributed by atoms with Gasteiger partial charge in [0.25, 0.3) is 0 Å². The van der Waals surface area contributed by atoms with E-state index in [1.807, 2.05) is 13.0 Å². The number of esters is 1. The van der Waals surface area contributed by atoms with Crippen molar-refractivity contribution in [1.29, 1.82) is 0 Å². The number of carbonyl (C=O) groups is 4. The van der Waals surface area contributed by atoms with E-state index in [1.165, 1.54) is 70.6 Å². The highest BCUT2D eigenvalue weighted by Crippen LogP contribution is 2.67. The lowest BCUT2D eigenvalue weighted by molar-refractivity contribution is -0.182. The molecule has 4 aliphatic carbocycles. The van der Waals surface area contributed by atoms with Crippen molar-refractivity contribution in [3.8, 4) is 0 Å². The molecule has 3 N–H and O–H groups in total. The molecule has 0 bridgehead atoms. The van der Waals surface area contributed by atoms with E-state index in [9.17, 15) is 34.5 Å². The number of ketones is 3. The Hall–Kier alpha value is -2.16. The molecule has 0 amide bonds. The third-order valence-electron chi connectivity index (χ3n) is 13.0. The Bertz CT molecular complexity index is 1220. The number of hydrogen-bond acceptors (Lipinski definition) is 8. The van der Waals surface area contributed by atoms with Crippen LogP contribution in [0.5, 0.6) is 0 Å². The summed E-state index contributed by atoms with van der Waals surface area (Å²) in [5.74, 6) is -2.58. The SMILES string of the molecule is CCCCCCCCCCCCCCCCCC(=O)C(O)C(=O)OCC(=O)[C@@]1(O)CC[C@H]2[C@@H]3CCC4=CC(=O)C=C[C@]4(C)[C@H]3C(O)C[C@@]21C. The van der Waals surface area contributed by atoms with Crippen LogP contribution >= 0.6 is 0 Å². The van der Waals surface area contributed by atoms with E-state index in [-0.39, 0.29) is 42.8 Å². The first-order valence-corrected chi connectivity index (χ1v) is 19.6. The molecule has 0 spiro atoms. The van der Waals surface area contributed by atoms with Crippen molar-refractivity contribution in [2.24, 2.45) is 28.6 Å². The number of allylic oxidation sites excluding steroid dienone is 4. The Morgan fingerprint density at radius 2 is 1.47 bits per heavy atom. The summed E-state index contributed by atoms with van der Waals surface area (Å²) in [5.41, 5.74) is -2.15. The summed E-state index contributed by atoms with van der Waals surface area (Å²) in [7, 11) is 0. The van der Waals surface area contributed by atoms with E-state index in [1.54, 1.807) is 12.2 Å². The summed E-state index contributed by atoms with van der Waals surface area (Å²) in [6, 6.07) is 0. The maximum atomic E-state index is 13.5. The first-order chi connectivity index (χ1) is 23.4. The van der Waals surface area contributed by atoms with Gasteiger partial charge >= 0.3 is 5.97 Å². The number of carbonyl (C=O) groups excluding carboxylic acids is 4. The van der Waals surface area contributed by atoms with Gasteiger partial charge in [-0.05, 0) is 62.5 Å². The average molecular weight is 685 g/mol. The molecule has 3 saturated carbocycles. The van der Waals surface area contributed by atoms with Crippen molar-refractivity contribution in [3.05, 3.63) is 23.8 Å². The molecule has 0 saturated heterocycles. The fourth-order valence-corrected chi connectivity index (χ4v) is 10.1. The van der Waals surface area contributed by atoms with Gasteiger partial charge in [-0.3, -0.25) is 14.4 Å². The van der Waals surface area contributed by atoms with Crippen LogP contribution in [0, 0.1) is 28.6 Å². The van der Waals surface area contributed by atoms with Crippen LogP contribution in [0.4, 0.5) is 0 Å². The molecule has 0 aromatic heterocycles. The van der Waals surface area contributed by atoms with Gasteiger partial charge in [0.05, 0.1) is 6.10 Å². The van der Waals surface area contributed by atoms with E-state index in [2.05, 4.69) is 13.8 Å². The highest BCUT2D eigenvalue weighted by Gasteiger charge is 2.68. The lowest BCUT2D eigenvalue weighted by Gasteiger charge is -2.59. The van der Waals surface area contributed by atoms with Crippen LogP contribution in [0.15, 0.2) is 23.8 Å². The molecule has 4 rings (SSSR count). The number of rotatable bonds is 21. The zero-order valence-corrected chi connectivity index (χ0v) is 30.6. The van der Waals surface area contributed by atoms with Gasteiger partial charge in [-0.25, -0.2) is 4.79 Å². The van der Waals surface area contributed by atoms with Crippen LogP contribution in [0.3, 0.4) is 0 Å². The van der Waals surface area contributed by atoms with Crippen molar-refractivity contribution in [3.63, 3.8) is 0 Å².